The summed E-state index contributed by atoms with van der Waals surface area (Å²) in [7, 11) is 1.72. The lowest BCUT2D eigenvalue weighted by molar-refractivity contribution is 0.129. The fourth-order valence-corrected chi connectivity index (χ4v) is 4.30. The molecule has 1 aliphatic rings. The predicted octanol–water partition coefficient (Wildman–Crippen LogP) is 2.40. The fourth-order valence-electron chi connectivity index (χ4n) is 2.42. The number of methoxy groups -OCH3 is 1. The molecule has 0 bridgehead atoms. The zero-order chi connectivity index (χ0) is 14.5. The standard InChI is InChI=1S/C14H21N3O2S2/c1-18-7-4-15-9-12-13(16-14-17(12)5-8-20-14)21-10-11-3-2-6-19-11/h5,8,11,15H,2-4,6-7,9-10H2,1H3. The monoisotopic (exact) mass is 327 g/mol. The molecule has 1 aliphatic heterocycles. The Morgan fingerprint density at radius 3 is 3.38 bits per heavy atom. The van der Waals surface area contributed by atoms with Gasteiger partial charge in [0.05, 0.1) is 18.4 Å². The molecular weight excluding hydrogens is 306 g/mol. The molecule has 0 saturated carbocycles. The van der Waals surface area contributed by atoms with Crippen molar-refractivity contribution in [2.24, 2.45) is 0 Å². The van der Waals surface area contributed by atoms with Crippen LogP contribution in [0.4, 0.5) is 0 Å². The van der Waals surface area contributed by atoms with Gasteiger partial charge in [-0.3, -0.25) is 4.40 Å². The highest BCUT2D eigenvalue weighted by Crippen LogP contribution is 2.28. The molecule has 7 heteroatoms. The van der Waals surface area contributed by atoms with Crippen molar-refractivity contribution in [1.82, 2.24) is 14.7 Å². The van der Waals surface area contributed by atoms with Gasteiger partial charge in [0, 0.05) is 44.1 Å². The molecule has 21 heavy (non-hydrogen) atoms. The Bertz CT molecular complexity index is 564. The lowest BCUT2D eigenvalue weighted by Gasteiger charge is -2.09. The summed E-state index contributed by atoms with van der Waals surface area (Å²) < 4.78 is 13.0. The second-order valence-corrected chi connectivity index (χ2v) is 6.92. The van der Waals surface area contributed by atoms with E-state index in [2.05, 4.69) is 21.3 Å². The van der Waals surface area contributed by atoms with Gasteiger partial charge in [-0.25, -0.2) is 4.98 Å². The third kappa shape index (κ3) is 3.78. The minimum absolute atomic E-state index is 0.393. The third-order valence-electron chi connectivity index (χ3n) is 3.53. The lowest BCUT2D eigenvalue weighted by Crippen LogP contribution is -2.19. The molecule has 0 amide bonds. The van der Waals surface area contributed by atoms with Crippen LogP contribution < -0.4 is 5.32 Å². The molecule has 1 saturated heterocycles. The second kappa shape index (κ2) is 7.60. The van der Waals surface area contributed by atoms with E-state index in [1.54, 1.807) is 18.4 Å². The van der Waals surface area contributed by atoms with Crippen LogP contribution in [0, 0.1) is 0 Å². The van der Waals surface area contributed by atoms with E-state index in [0.717, 1.165) is 42.0 Å². The molecule has 1 N–H and O–H groups in total. The molecule has 3 rings (SSSR count). The number of fused-ring (bicyclic) bond motifs is 1. The van der Waals surface area contributed by atoms with Crippen molar-refractivity contribution in [1.29, 1.82) is 0 Å². The van der Waals surface area contributed by atoms with Gasteiger partial charge in [0.15, 0.2) is 4.96 Å². The van der Waals surface area contributed by atoms with E-state index in [4.69, 9.17) is 14.5 Å². The maximum absolute atomic E-state index is 5.70. The first kappa shape index (κ1) is 15.3. The molecule has 2 aromatic heterocycles. The Morgan fingerprint density at radius 1 is 1.62 bits per heavy atom. The Morgan fingerprint density at radius 2 is 2.57 bits per heavy atom. The van der Waals surface area contributed by atoms with Crippen molar-refractivity contribution in [3.63, 3.8) is 0 Å². The van der Waals surface area contributed by atoms with Crippen LogP contribution >= 0.6 is 23.1 Å². The highest BCUT2D eigenvalue weighted by molar-refractivity contribution is 7.99. The first-order valence-corrected chi connectivity index (χ1v) is 9.13. The molecule has 0 radical (unpaired) electrons. The van der Waals surface area contributed by atoms with Crippen LogP contribution in [0.2, 0.25) is 0 Å². The SMILES string of the molecule is COCCNCc1c(SCC2CCCO2)nc2sccn12. The number of ether oxygens (including phenoxy) is 2. The number of thiazole rings is 1. The molecule has 1 atom stereocenters. The molecule has 2 aromatic rings. The topological polar surface area (TPSA) is 47.8 Å². The fraction of sp³-hybridized carbons (Fsp3) is 0.643. The van der Waals surface area contributed by atoms with Gasteiger partial charge in [-0.2, -0.15) is 0 Å². The largest absolute Gasteiger partial charge is 0.383 e. The van der Waals surface area contributed by atoms with Crippen LogP contribution in [0.5, 0.6) is 0 Å². The summed E-state index contributed by atoms with van der Waals surface area (Å²) in [5.74, 6) is 0.996. The molecular formula is C14H21N3O2S2. The maximum atomic E-state index is 5.70. The zero-order valence-electron chi connectivity index (χ0n) is 12.2. The molecule has 0 spiro atoms. The van der Waals surface area contributed by atoms with Crippen molar-refractivity contribution in [2.75, 3.05) is 32.6 Å². The lowest BCUT2D eigenvalue weighted by atomic mass is 10.3. The molecule has 5 nitrogen and oxygen atoms in total. The van der Waals surface area contributed by atoms with E-state index in [-0.39, 0.29) is 0 Å². The van der Waals surface area contributed by atoms with Gasteiger partial charge in [-0.1, -0.05) is 0 Å². The van der Waals surface area contributed by atoms with E-state index in [9.17, 15) is 0 Å². The number of hydrogen-bond donors (Lipinski definition) is 1. The van der Waals surface area contributed by atoms with Crippen molar-refractivity contribution in [2.45, 2.75) is 30.5 Å². The Labute approximate surface area is 133 Å². The van der Waals surface area contributed by atoms with Crippen LogP contribution in [0.3, 0.4) is 0 Å². The third-order valence-corrected chi connectivity index (χ3v) is 5.43. The molecule has 0 aliphatic carbocycles. The number of thioether (sulfide) groups is 1. The molecule has 1 unspecified atom stereocenters. The first-order valence-electron chi connectivity index (χ1n) is 7.27. The average molecular weight is 327 g/mol. The summed E-state index contributed by atoms with van der Waals surface area (Å²) in [4.78, 5) is 5.81. The molecule has 3 heterocycles. The number of rotatable bonds is 8. The van der Waals surface area contributed by atoms with Crippen LogP contribution in [0.15, 0.2) is 16.6 Å². The van der Waals surface area contributed by atoms with Crippen LogP contribution in [-0.4, -0.2) is 48.1 Å². The smallest absolute Gasteiger partial charge is 0.194 e. The predicted molar refractivity (Wildman–Crippen MR) is 86.3 cm³/mol. The van der Waals surface area contributed by atoms with Gasteiger partial charge in [-0.15, -0.1) is 23.1 Å². The van der Waals surface area contributed by atoms with Gasteiger partial charge in [0.1, 0.15) is 5.03 Å². The first-order chi connectivity index (χ1) is 10.4. The zero-order valence-corrected chi connectivity index (χ0v) is 13.8. The van der Waals surface area contributed by atoms with E-state index >= 15 is 0 Å². The molecule has 1 fully saturated rings. The number of aromatic nitrogens is 2. The number of imidazole rings is 1. The summed E-state index contributed by atoms with van der Waals surface area (Å²) in [5.41, 5.74) is 1.24. The number of hydrogen-bond acceptors (Lipinski definition) is 6. The van der Waals surface area contributed by atoms with Gasteiger partial charge in [0.25, 0.3) is 0 Å². The van der Waals surface area contributed by atoms with Crippen molar-refractivity contribution >= 4 is 28.1 Å². The summed E-state index contributed by atoms with van der Waals surface area (Å²) in [6.07, 6.45) is 4.85. The Balaban J connectivity index is 1.65. The number of nitrogens with zero attached hydrogens (tertiary/aromatic N) is 2. The highest BCUT2D eigenvalue weighted by atomic mass is 32.2. The number of nitrogens with one attached hydrogen (secondary N) is 1. The Kier molecular flexibility index (Phi) is 5.54. The second-order valence-electron chi connectivity index (χ2n) is 5.03. The van der Waals surface area contributed by atoms with Crippen molar-refractivity contribution in [3.05, 3.63) is 17.3 Å². The highest BCUT2D eigenvalue weighted by Gasteiger charge is 2.19. The maximum Gasteiger partial charge on any atom is 0.194 e. The van der Waals surface area contributed by atoms with E-state index in [0.29, 0.717) is 6.10 Å². The van der Waals surface area contributed by atoms with Crippen molar-refractivity contribution in [3.8, 4) is 0 Å². The van der Waals surface area contributed by atoms with E-state index in [1.165, 1.54) is 18.5 Å². The average Bonchev–Trinajstić information content (AvgIpc) is 3.19. The summed E-state index contributed by atoms with van der Waals surface area (Å²) in [6, 6.07) is 0. The summed E-state index contributed by atoms with van der Waals surface area (Å²) in [5, 5.41) is 6.62. The molecule has 116 valence electrons. The quantitative estimate of drug-likeness (QED) is 0.596. The van der Waals surface area contributed by atoms with E-state index < -0.39 is 0 Å². The van der Waals surface area contributed by atoms with Crippen LogP contribution in [-0.2, 0) is 16.0 Å². The van der Waals surface area contributed by atoms with Gasteiger partial charge < -0.3 is 14.8 Å². The van der Waals surface area contributed by atoms with Crippen molar-refractivity contribution < 1.29 is 9.47 Å². The van der Waals surface area contributed by atoms with Crippen LogP contribution in [0.25, 0.3) is 4.96 Å². The summed E-state index contributed by atoms with van der Waals surface area (Å²) in [6.45, 7) is 3.30. The van der Waals surface area contributed by atoms with Gasteiger partial charge >= 0.3 is 0 Å². The molecule has 0 aromatic carbocycles. The summed E-state index contributed by atoms with van der Waals surface area (Å²) >= 11 is 3.50. The minimum atomic E-state index is 0.393. The normalized spacial score (nSPS) is 18.8. The van der Waals surface area contributed by atoms with Gasteiger partial charge in [-0.05, 0) is 12.8 Å². The van der Waals surface area contributed by atoms with E-state index in [1.807, 2.05) is 11.8 Å². The van der Waals surface area contributed by atoms with Crippen LogP contribution in [0.1, 0.15) is 18.5 Å². The Hall–Kier alpha value is -0.600. The van der Waals surface area contributed by atoms with Gasteiger partial charge in [0.2, 0.25) is 0 Å². The minimum Gasteiger partial charge on any atom is -0.383 e.